The molecule has 0 spiro atoms. The number of H-pyrrole nitrogens is 1. The van der Waals surface area contributed by atoms with E-state index in [1.165, 1.54) is 5.69 Å². The second-order valence-corrected chi connectivity index (χ2v) is 16.8. The van der Waals surface area contributed by atoms with Crippen LogP contribution < -0.4 is 15.5 Å². The van der Waals surface area contributed by atoms with Gasteiger partial charge in [0.25, 0.3) is 0 Å². The van der Waals surface area contributed by atoms with Crippen molar-refractivity contribution in [3.63, 3.8) is 0 Å². The number of imide groups is 1. The van der Waals surface area contributed by atoms with E-state index in [-0.39, 0.29) is 35.1 Å². The molecule has 2 fully saturated rings. The summed E-state index contributed by atoms with van der Waals surface area (Å²) < 4.78 is 5.24. The van der Waals surface area contributed by atoms with Crippen LogP contribution in [0.15, 0.2) is 71.5 Å². The number of nitrogens with one attached hydrogen (secondary N) is 3. The fourth-order valence-corrected chi connectivity index (χ4v) is 8.03. The number of aromatic nitrogens is 6. The Morgan fingerprint density at radius 3 is 2.39 bits per heavy atom. The molecule has 0 saturated carbocycles. The molecule has 2 saturated heterocycles. The van der Waals surface area contributed by atoms with Crippen molar-refractivity contribution in [3.8, 4) is 22.4 Å². The number of rotatable bonds is 10. The topological polar surface area (TPSA) is 175 Å². The number of hydrogen-bond acceptors (Lipinski definition) is 11. The molecule has 3 N–H and O–H groups in total. The number of amides is 3. The number of piperidine rings is 1. The van der Waals surface area contributed by atoms with Crippen LogP contribution in [-0.2, 0) is 21.4 Å². The molecule has 2 atom stereocenters. The Bertz CT molecular complexity index is 2530. The molecule has 6 aromatic rings. The van der Waals surface area contributed by atoms with E-state index in [2.05, 4.69) is 93.2 Å². The van der Waals surface area contributed by atoms with Crippen molar-refractivity contribution >= 4 is 34.4 Å². The van der Waals surface area contributed by atoms with E-state index in [1.807, 2.05) is 66.1 Å². The molecule has 0 aliphatic carbocycles. The number of pyridine rings is 2. The first-order valence-electron chi connectivity index (χ1n) is 20.3. The van der Waals surface area contributed by atoms with E-state index in [0.29, 0.717) is 24.3 Å². The van der Waals surface area contributed by atoms with Crippen molar-refractivity contribution in [2.75, 3.05) is 37.6 Å². The van der Waals surface area contributed by atoms with Crippen molar-refractivity contribution in [2.24, 2.45) is 0 Å². The van der Waals surface area contributed by atoms with Gasteiger partial charge in [-0.25, -0.2) is 4.98 Å². The van der Waals surface area contributed by atoms with Crippen LogP contribution in [-0.4, -0.2) is 85.7 Å². The zero-order valence-electron chi connectivity index (χ0n) is 34.4. The summed E-state index contributed by atoms with van der Waals surface area (Å²) in [7, 11) is 0. The smallest absolute Gasteiger partial charge is 0.315 e. The second kappa shape index (κ2) is 16.2. The van der Waals surface area contributed by atoms with Gasteiger partial charge >= 0.3 is 11.8 Å². The summed E-state index contributed by atoms with van der Waals surface area (Å²) in [5.41, 5.74) is 10.4. The number of aromatic amines is 1. The number of anilines is 1. The monoisotopic (exact) mass is 794 g/mol. The summed E-state index contributed by atoms with van der Waals surface area (Å²) in [6.07, 6.45) is 5.43. The van der Waals surface area contributed by atoms with Gasteiger partial charge in [0.15, 0.2) is 11.5 Å². The minimum atomic E-state index is -0.410. The SMILES string of the molecule is Cc1cc(-c2[nH]nc3ncc(-c4ccc(N5CCN(CCc6cc(C)c(C7CCC(=O)NC7=O)cn6)CC5)cc4)cc23)ccc1C(C)NC(=O)c1nc(C(C)(C)C)no1. The summed E-state index contributed by atoms with van der Waals surface area (Å²) in [4.78, 5) is 55.5. The number of benzene rings is 2. The average Bonchev–Trinajstić information content (AvgIpc) is 3.90. The van der Waals surface area contributed by atoms with E-state index in [9.17, 15) is 14.4 Å². The second-order valence-electron chi connectivity index (χ2n) is 16.8. The third-order valence-electron chi connectivity index (χ3n) is 11.5. The normalized spacial score (nSPS) is 17.0. The van der Waals surface area contributed by atoms with Gasteiger partial charge in [-0.1, -0.05) is 50.2 Å². The van der Waals surface area contributed by atoms with E-state index < -0.39 is 5.91 Å². The Hall–Kier alpha value is -6.28. The van der Waals surface area contributed by atoms with Crippen LogP contribution in [0.2, 0.25) is 0 Å². The van der Waals surface area contributed by atoms with Gasteiger partial charge in [-0.05, 0) is 85.3 Å². The van der Waals surface area contributed by atoms with Gasteiger partial charge in [0.05, 0.1) is 17.7 Å². The fraction of sp³-hybridized carbons (Fsp3) is 0.378. The highest BCUT2D eigenvalue weighted by atomic mass is 16.5. The Morgan fingerprint density at radius 1 is 0.932 bits per heavy atom. The molecule has 2 aromatic carbocycles. The Kier molecular flexibility index (Phi) is 10.8. The summed E-state index contributed by atoms with van der Waals surface area (Å²) in [6, 6.07) is 18.8. The predicted octanol–water partition coefficient (Wildman–Crippen LogP) is 6.36. The minimum Gasteiger partial charge on any atom is -0.369 e. The highest BCUT2D eigenvalue weighted by molar-refractivity contribution is 6.01. The van der Waals surface area contributed by atoms with Crippen molar-refractivity contribution in [1.82, 2.24) is 45.8 Å². The van der Waals surface area contributed by atoms with Crippen LogP contribution in [0.5, 0.6) is 0 Å². The lowest BCUT2D eigenvalue weighted by molar-refractivity contribution is -0.134. The molecule has 8 rings (SSSR count). The van der Waals surface area contributed by atoms with E-state index in [0.717, 1.165) is 94.9 Å². The molecule has 6 heterocycles. The molecular weight excluding hydrogens is 745 g/mol. The molecule has 59 heavy (non-hydrogen) atoms. The number of fused-ring (bicyclic) bond motifs is 1. The summed E-state index contributed by atoms with van der Waals surface area (Å²) in [5, 5.41) is 18.0. The molecule has 0 radical (unpaired) electrons. The standard InChI is InChI=1S/C45H50N10O4/c1-26-21-30(9-12-34(26)28(3)48-42(58)43-50-44(53-59-43)45(4,5)6)39-36-23-31(24-47-40(36)52-51-39)29-7-10-33(11-8-29)55-19-17-54(18-20-55)16-15-32-22-27(2)37(25-46-32)35-13-14-38(56)49-41(35)57/h7-12,21-25,28,35H,13-20H2,1-6H3,(H,48,58)(H,47,51,52)(H,49,56,57). The number of carbonyl (C=O) groups excluding carboxylic acids is 3. The van der Waals surface area contributed by atoms with E-state index in [1.54, 1.807) is 0 Å². The lowest BCUT2D eigenvalue weighted by Crippen LogP contribution is -2.47. The maximum Gasteiger partial charge on any atom is 0.315 e. The van der Waals surface area contributed by atoms with Gasteiger partial charge in [-0.2, -0.15) is 10.1 Å². The van der Waals surface area contributed by atoms with Crippen molar-refractivity contribution < 1.29 is 18.9 Å². The fourth-order valence-electron chi connectivity index (χ4n) is 8.03. The molecule has 2 aliphatic heterocycles. The predicted molar refractivity (Wildman–Crippen MR) is 225 cm³/mol. The molecule has 2 aliphatic rings. The minimum absolute atomic E-state index is 0.0494. The number of piperazine rings is 1. The summed E-state index contributed by atoms with van der Waals surface area (Å²) >= 11 is 0. The maximum absolute atomic E-state index is 12.9. The van der Waals surface area contributed by atoms with Gasteiger partial charge in [0.1, 0.15) is 0 Å². The van der Waals surface area contributed by atoms with Gasteiger partial charge in [0, 0.05) is 91.3 Å². The number of carbonyl (C=O) groups is 3. The third kappa shape index (κ3) is 8.49. The van der Waals surface area contributed by atoms with Gasteiger partial charge in [0.2, 0.25) is 11.8 Å². The quantitative estimate of drug-likeness (QED) is 0.132. The Labute approximate surface area is 343 Å². The lowest BCUT2D eigenvalue weighted by Gasteiger charge is -2.36. The molecule has 14 nitrogen and oxygen atoms in total. The molecule has 304 valence electrons. The van der Waals surface area contributed by atoms with Crippen LogP contribution in [0.1, 0.15) is 97.0 Å². The highest BCUT2D eigenvalue weighted by Crippen LogP contribution is 2.33. The van der Waals surface area contributed by atoms with Crippen LogP contribution >= 0.6 is 0 Å². The van der Waals surface area contributed by atoms with Crippen molar-refractivity contribution in [3.05, 3.63) is 107 Å². The molecule has 3 amide bonds. The first-order valence-corrected chi connectivity index (χ1v) is 20.3. The van der Waals surface area contributed by atoms with Gasteiger partial charge < -0.3 is 14.7 Å². The van der Waals surface area contributed by atoms with Crippen LogP contribution in [0.25, 0.3) is 33.4 Å². The van der Waals surface area contributed by atoms with Crippen LogP contribution in [0.3, 0.4) is 0 Å². The summed E-state index contributed by atoms with van der Waals surface area (Å²) in [5.74, 6) is -0.712. The molecule has 2 unspecified atom stereocenters. The van der Waals surface area contributed by atoms with Crippen molar-refractivity contribution in [2.45, 2.75) is 78.2 Å². The largest absolute Gasteiger partial charge is 0.369 e. The average molecular weight is 795 g/mol. The molecule has 14 heteroatoms. The molecule has 0 bridgehead atoms. The Morgan fingerprint density at radius 2 is 1.69 bits per heavy atom. The highest BCUT2D eigenvalue weighted by Gasteiger charge is 2.30. The van der Waals surface area contributed by atoms with E-state index in [4.69, 9.17) is 4.52 Å². The number of hydrogen-bond donors (Lipinski definition) is 3. The summed E-state index contributed by atoms with van der Waals surface area (Å²) in [6.45, 7) is 16.6. The molecule has 4 aromatic heterocycles. The van der Waals surface area contributed by atoms with Gasteiger partial charge in [-0.15, -0.1) is 0 Å². The Balaban J connectivity index is 0.870. The number of nitrogens with zero attached hydrogens (tertiary/aromatic N) is 7. The first-order chi connectivity index (χ1) is 28.3. The first kappa shape index (κ1) is 39.5. The van der Waals surface area contributed by atoms with Crippen LogP contribution in [0, 0.1) is 13.8 Å². The maximum atomic E-state index is 12.9. The zero-order valence-corrected chi connectivity index (χ0v) is 34.4. The molecular formula is C45H50N10O4. The zero-order chi connectivity index (χ0) is 41.4. The van der Waals surface area contributed by atoms with E-state index >= 15 is 0 Å². The number of aryl methyl sites for hydroxylation is 2. The third-order valence-corrected chi connectivity index (χ3v) is 11.5. The van der Waals surface area contributed by atoms with Gasteiger partial charge in [-0.3, -0.25) is 34.7 Å². The van der Waals surface area contributed by atoms with Crippen molar-refractivity contribution in [1.29, 1.82) is 0 Å². The lowest BCUT2D eigenvalue weighted by atomic mass is 9.88. The van der Waals surface area contributed by atoms with Crippen LogP contribution in [0.4, 0.5) is 5.69 Å².